The Kier molecular flexibility index (Phi) is 56.4. The van der Waals surface area contributed by atoms with Crippen molar-refractivity contribution in [3.8, 4) is 0 Å². The molecule has 0 rings (SSSR count). The zero-order valence-corrected chi connectivity index (χ0v) is 53.4. The molecule has 0 aromatic rings. The van der Waals surface area contributed by atoms with Gasteiger partial charge in [0.05, 0.1) is 33.8 Å². The molecule has 9 nitrogen and oxygen atoms in total. The minimum absolute atomic E-state index is 0.0327. The number of nitrogens with zero attached hydrogens (tertiary/aromatic N) is 1. The number of quaternary nitrogens is 1. The predicted molar refractivity (Wildman–Crippen MR) is 344 cm³/mol. The summed E-state index contributed by atoms with van der Waals surface area (Å²) in [5.74, 6) is -0.578. The predicted octanol–water partition coefficient (Wildman–Crippen LogP) is 19.9. The minimum atomic E-state index is -4.71. The third-order valence-corrected chi connectivity index (χ3v) is 14.9. The molecule has 0 aliphatic carbocycles. The summed E-state index contributed by atoms with van der Waals surface area (Å²) in [4.78, 5) is 40.1. The number of unbranched alkanes of at least 4 members (excludes halogenated alkanes) is 26. The molecule has 0 aromatic heterocycles. The van der Waals surface area contributed by atoms with E-state index in [0.717, 1.165) is 122 Å². The highest BCUT2D eigenvalue weighted by molar-refractivity contribution is 7.45. The zero-order chi connectivity index (χ0) is 58.6. The van der Waals surface area contributed by atoms with Crippen LogP contribution in [0.25, 0.3) is 0 Å². The van der Waals surface area contributed by atoms with Crippen LogP contribution < -0.4 is 10.2 Å². The standard InChI is InChI=1S/C70H123N2O7P/c1-7-10-13-16-19-22-25-28-30-32-34-35-36-37-39-41-43-45-48-51-54-57-60-63-70(74)79-68(61-58-55-52-49-46-27-24-21-18-15-12-9-3)67(66-78-80(75,76)77-65-64-72(4,5)6)71-69(73)62-59-56-53-50-47-44-42-40-38-33-31-29-26-23-20-17-14-11-8-2/h10,13,19-20,22-23,28-31,34-35,37,39,43,45,58,61,67-68H,7-9,11-12,14-18,21,24-27,32-33,36,38,40-42,44,46-57,59-60,62-66H2,1-6H3,(H-,71,73,75,76)/b13-10-,22-19-,23-20-,30-28-,31-29-,35-34-,39-37-,45-43-,61-58+. The van der Waals surface area contributed by atoms with Gasteiger partial charge in [0.2, 0.25) is 5.91 Å². The maximum Gasteiger partial charge on any atom is 0.306 e. The van der Waals surface area contributed by atoms with Crippen LogP contribution in [0.15, 0.2) is 109 Å². The Bertz CT molecular complexity index is 1740. The van der Waals surface area contributed by atoms with Gasteiger partial charge in [0.25, 0.3) is 7.82 Å². The molecule has 0 radical (unpaired) electrons. The Labute approximate surface area is 493 Å². The summed E-state index contributed by atoms with van der Waals surface area (Å²) in [6.07, 6.45) is 80.5. The van der Waals surface area contributed by atoms with Crippen LogP contribution in [0, 0.1) is 0 Å². The number of amides is 1. The first-order chi connectivity index (χ1) is 38.9. The van der Waals surface area contributed by atoms with E-state index in [-0.39, 0.29) is 24.9 Å². The summed E-state index contributed by atoms with van der Waals surface area (Å²) in [5, 5.41) is 3.02. The van der Waals surface area contributed by atoms with E-state index in [9.17, 15) is 19.0 Å². The number of ether oxygens (including phenoxy) is 1. The summed E-state index contributed by atoms with van der Waals surface area (Å²) in [7, 11) is 1.15. The van der Waals surface area contributed by atoms with Gasteiger partial charge in [-0.25, -0.2) is 0 Å². The highest BCUT2D eigenvalue weighted by Gasteiger charge is 2.27. The Morgan fingerprint density at radius 1 is 0.450 bits per heavy atom. The van der Waals surface area contributed by atoms with Gasteiger partial charge in [-0.05, 0) is 115 Å². The number of hydrogen-bond acceptors (Lipinski definition) is 7. The van der Waals surface area contributed by atoms with E-state index in [0.29, 0.717) is 23.9 Å². The topological polar surface area (TPSA) is 114 Å². The summed E-state index contributed by atoms with van der Waals surface area (Å²) < 4.78 is 30.3. The SMILES string of the molecule is CC/C=C\C/C=C\C/C=C\C/C=C\C/C=C\C/C=C\CCCCCCC(=O)OC(/C=C/CCCCCCCCCCCC)C(COP(=O)([O-])OCC[N+](C)(C)C)NC(=O)CCCCCCCCCCC/C=C\C/C=C\CCCCC. The molecule has 0 bridgehead atoms. The van der Waals surface area contributed by atoms with Gasteiger partial charge >= 0.3 is 5.97 Å². The molecule has 80 heavy (non-hydrogen) atoms. The van der Waals surface area contributed by atoms with Crippen LogP contribution in [0.3, 0.4) is 0 Å². The number of phosphoric ester groups is 1. The van der Waals surface area contributed by atoms with Crippen LogP contribution in [-0.2, 0) is 27.9 Å². The van der Waals surface area contributed by atoms with Crippen molar-refractivity contribution in [1.82, 2.24) is 5.32 Å². The minimum Gasteiger partial charge on any atom is -0.756 e. The fourth-order valence-corrected chi connectivity index (χ4v) is 9.63. The molecule has 3 unspecified atom stereocenters. The first-order valence-electron chi connectivity index (χ1n) is 32.7. The van der Waals surface area contributed by atoms with E-state index in [1.165, 1.54) is 109 Å². The summed E-state index contributed by atoms with van der Waals surface area (Å²) in [6.45, 7) is 6.68. The average molecular weight is 1140 g/mol. The highest BCUT2D eigenvalue weighted by atomic mass is 31.2. The molecule has 0 aromatic carbocycles. The van der Waals surface area contributed by atoms with Gasteiger partial charge < -0.3 is 28.5 Å². The molecule has 0 aliphatic rings. The summed E-state index contributed by atoms with van der Waals surface area (Å²) in [6, 6.07) is -0.909. The normalized spacial score (nSPS) is 14.3. The lowest BCUT2D eigenvalue weighted by molar-refractivity contribution is -0.870. The molecule has 0 saturated carbocycles. The molecule has 0 heterocycles. The van der Waals surface area contributed by atoms with Crippen LogP contribution in [0.1, 0.15) is 271 Å². The number of carbonyl (C=O) groups excluding carboxylic acids is 2. The number of esters is 1. The Hall–Kier alpha value is -3.33. The van der Waals surface area contributed by atoms with Crippen LogP contribution >= 0.6 is 7.82 Å². The maximum atomic E-state index is 13.6. The van der Waals surface area contributed by atoms with Gasteiger partial charge in [-0.2, -0.15) is 0 Å². The van der Waals surface area contributed by atoms with Gasteiger partial charge in [0.1, 0.15) is 19.3 Å². The van der Waals surface area contributed by atoms with Crippen LogP contribution in [-0.4, -0.2) is 69.4 Å². The van der Waals surface area contributed by atoms with Crippen LogP contribution in [0.2, 0.25) is 0 Å². The molecule has 0 aliphatic heterocycles. The number of carbonyl (C=O) groups is 2. The maximum absolute atomic E-state index is 13.6. The van der Waals surface area contributed by atoms with Crippen molar-refractivity contribution in [2.45, 2.75) is 283 Å². The molecule has 1 amide bonds. The second-order valence-corrected chi connectivity index (χ2v) is 24.3. The quantitative estimate of drug-likeness (QED) is 0.0212. The first kappa shape index (κ1) is 76.7. The summed E-state index contributed by atoms with van der Waals surface area (Å²) >= 11 is 0. The van der Waals surface area contributed by atoms with Crippen molar-refractivity contribution in [1.29, 1.82) is 0 Å². The number of rotatable bonds is 58. The zero-order valence-electron chi connectivity index (χ0n) is 52.5. The first-order valence-corrected chi connectivity index (χ1v) is 34.2. The number of allylic oxidation sites excluding steroid dienone is 17. The van der Waals surface area contributed by atoms with E-state index in [1.54, 1.807) is 0 Å². The van der Waals surface area contributed by atoms with Crippen molar-refractivity contribution in [2.75, 3.05) is 40.9 Å². The van der Waals surface area contributed by atoms with Crippen LogP contribution in [0.4, 0.5) is 0 Å². The molecule has 10 heteroatoms. The van der Waals surface area contributed by atoms with E-state index in [1.807, 2.05) is 33.3 Å². The van der Waals surface area contributed by atoms with Crippen molar-refractivity contribution in [2.24, 2.45) is 0 Å². The van der Waals surface area contributed by atoms with Gasteiger partial charge in [-0.15, -0.1) is 0 Å². The molecule has 1 N–H and O–H groups in total. The van der Waals surface area contributed by atoms with Gasteiger partial charge in [-0.1, -0.05) is 252 Å². The van der Waals surface area contributed by atoms with E-state index >= 15 is 0 Å². The molecule has 0 fully saturated rings. The second-order valence-electron chi connectivity index (χ2n) is 22.9. The lowest BCUT2D eigenvalue weighted by atomic mass is 10.0. The third kappa shape index (κ3) is 59.3. The van der Waals surface area contributed by atoms with Crippen LogP contribution in [0.5, 0.6) is 0 Å². The monoisotopic (exact) mass is 1130 g/mol. The van der Waals surface area contributed by atoms with Crippen molar-refractivity contribution < 1.29 is 37.3 Å². The number of phosphoric acid groups is 1. The third-order valence-electron chi connectivity index (χ3n) is 13.9. The summed E-state index contributed by atoms with van der Waals surface area (Å²) in [5.41, 5.74) is 0. The van der Waals surface area contributed by atoms with Gasteiger partial charge in [0.15, 0.2) is 0 Å². The molecule has 3 atom stereocenters. The fourth-order valence-electron chi connectivity index (χ4n) is 8.91. The molecule has 0 spiro atoms. The molecular formula is C70H123N2O7P. The second kappa shape index (κ2) is 58.9. The highest BCUT2D eigenvalue weighted by Crippen LogP contribution is 2.38. The Morgan fingerprint density at radius 2 is 0.800 bits per heavy atom. The Morgan fingerprint density at radius 3 is 1.23 bits per heavy atom. The molecular weight excluding hydrogens is 1010 g/mol. The number of likely N-dealkylation sites (N-methyl/N-ethyl adjacent to an activating group) is 1. The lowest BCUT2D eigenvalue weighted by Gasteiger charge is -2.30. The van der Waals surface area contributed by atoms with Crippen molar-refractivity contribution >= 4 is 19.7 Å². The van der Waals surface area contributed by atoms with E-state index in [2.05, 4.69) is 123 Å². The van der Waals surface area contributed by atoms with E-state index in [4.69, 9.17) is 13.8 Å². The average Bonchev–Trinajstić information content (AvgIpc) is 3.43. The van der Waals surface area contributed by atoms with Gasteiger partial charge in [-0.3, -0.25) is 14.2 Å². The smallest absolute Gasteiger partial charge is 0.306 e. The molecule has 460 valence electrons. The number of nitrogens with one attached hydrogen (secondary N) is 1. The van der Waals surface area contributed by atoms with Crippen molar-refractivity contribution in [3.63, 3.8) is 0 Å². The number of hydrogen-bond donors (Lipinski definition) is 1. The van der Waals surface area contributed by atoms with E-state index < -0.39 is 26.6 Å². The Balaban J connectivity index is 5.26. The van der Waals surface area contributed by atoms with Gasteiger partial charge in [0, 0.05) is 12.8 Å². The lowest BCUT2D eigenvalue weighted by Crippen LogP contribution is -2.47. The fraction of sp³-hybridized carbons (Fsp3) is 0.714. The molecule has 0 saturated heterocycles. The van der Waals surface area contributed by atoms with Crippen molar-refractivity contribution in [3.05, 3.63) is 109 Å². The largest absolute Gasteiger partial charge is 0.756 e.